The number of nitriles is 2. The topological polar surface area (TPSA) is 56.8 Å². The van der Waals surface area contributed by atoms with Gasteiger partial charge in [0.2, 0.25) is 0 Å². The molecule has 0 aliphatic heterocycles. The molecule has 0 N–H and O–H groups in total. The van der Waals surface area contributed by atoms with Gasteiger partial charge in [0.1, 0.15) is 5.75 Å². The second kappa shape index (κ2) is 10.7. The molecule has 1 aromatic carbocycles. The molecule has 0 aromatic heterocycles. The van der Waals surface area contributed by atoms with Crippen LogP contribution in [0.15, 0.2) is 24.3 Å². The number of rotatable bonds is 11. The Morgan fingerprint density at radius 1 is 0.742 bits per heavy atom. The Hall–Kier alpha value is -1.13. The van der Waals surface area contributed by atoms with Gasteiger partial charge in [0.05, 0.1) is 25.2 Å². The van der Waals surface area contributed by atoms with E-state index in [4.69, 9.17) is 4.74 Å². The van der Waals surface area contributed by atoms with Crippen LogP contribution >= 0.6 is 0 Å². The van der Waals surface area contributed by atoms with Crippen molar-refractivity contribution >= 4 is 29.4 Å². The first-order valence-electron chi connectivity index (χ1n) is 11.5. The fourth-order valence-electron chi connectivity index (χ4n) is 6.54. The summed E-state index contributed by atoms with van der Waals surface area (Å²) in [4.78, 5) is 0. The number of nitrogens with zero attached hydrogens (tertiary/aromatic N) is 2. The maximum atomic E-state index is 10.1. The van der Waals surface area contributed by atoms with Crippen LogP contribution in [0, 0.1) is 34.5 Å². The molecule has 0 spiro atoms. The first-order valence-corrected chi connectivity index (χ1v) is 27.3. The molecular formula is C24H44N2OSi4. The summed E-state index contributed by atoms with van der Waals surface area (Å²) in [6.07, 6.45) is 2.42. The Morgan fingerprint density at radius 3 is 1.52 bits per heavy atom. The zero-order chi connectivity index (χ0) is 24.1. The summed E-state index contributed by atoms with van der Waals surface area (Å²) in [5, 5.41) is 19.9. The van der Waals surface area contributed by atoms with E-state index in [9.17, 15) is 10.5 Å². The minimum absolute atomic E-state index is 0.0362. The number of hydrogen-bond donors (Lipinski definition) is 0. The first kappa shape index (κ1) is 27.9. The van der Waals surface area contributed by atoms with Gasteiger partial charge in [-0.05, 0) is 43.0 Å². The second-order valence-corrected chi connectivity index (χ2v) is 53.5. The standard InChI is InChI=1S/C24H44N2OSi4/c1-27-24-15-13-21(14-16-24)17-22(18-25)11-12-23(19-26)20-31(28(2,3)4,29(5,6)7)30(8,9)10/h13-16,22-23H,11-12,17,20H2,1-10H3. The van der Waals surface area contributed by atoms with E-state index >= 15 is 0 Å². The fourth-order valence-corrected chi connectivity index (χ4v) is 105. The molecule has 0 saturated carbocycles. The third kappa shape index (κ3) is 6.68. The molecule has 3 nitrogen and oxygen atoms in total. The highest BCUT2D eigenvalue weighted by molar-refractivity contribution is 7.89. The van der Waals surface area contributed by atoms with Crippen molar-refractivity contribution in [2.45, 2.75) is 84.2 Å². The van der Waals surface area contributed by atoms with Gasteiger partial charge in [-0.3, -0.25) is 0 Å². The molecule has 0 amide bonds. The Kier molecular flexibility index (Phi) is 9.59. The van der Waals surface area contributed by atoms with Gasteiger partial charge in [-0.2, -0.15) is 10.5 Å². The number of hydrogen-bond acceptors (Lipinski definition) is 3. The number of methoxy groups -OCH3 is 1. The lowest BCUT2D eigenvalue weighted by molar-refractivity contribution is 0.414. The smallest absolute Gasteiger partial charge is 0.118 e. The van der Waals surface area contributed by atoms with Crippen LogP contribution in [0.3, 0.4) is 0 Å². The largest absolute Gasteiger partial charge is 0.497 e. The van der Waals surface area contributed by atoms with E-state index in [2.05, 4.69) is 71.1 Å². The quantitative estimate of drug-likeness (QED) is 0.315. The Bertz CT molecular complexity index is 754. The lowest BCUT2D eigenvalue weighted by Crippen LogP contribution is -2.83. The van der Waals surface area contributed by atoms with Crippen LogP contribution in [-0.4, -0.2) is 36.5 Å². The average molecular weight is 489 g/mol. The second-order valence-electron chi connectivity index (χ2n) is 12.1. The van der Waals surface area contributed by atoms with E-state index in [-0.39, 0.29) is 11.8 Å². The maximum Gasteiger partial charge on any atom is 0.118 e. The average Bonchev–Trinajstić information content (AvgIpc) is 2.64. The van der Waals surface area contributed by atoms with Crippen molar-refractivity contribution in [3.8, 4) is 17.9 Å². The first-order chi connectivity index (χ1) is 14.1. The third-order valence-corrected chi connectivity index (χ3v) is 81.4. The highest BCUT2D eigenvalue weighted by Gasteiger charge is 2.61. The molecule has 0 saturated heterocycles. The molecule has 1 rings (SSSR count). The van der Waals surface area contributed by atoms with E-state index in [1.165, 1.54) is 6.04 Å². The minimum Gasteiger partial charge on any atom is -0.497 e. The van der Waals surface area contributed by atoms with Crippen molar-refractivity contribution in [1.82, 2.24) is 0 Å². The van der Waals surface area contributed by atoms with Crippen molar-refractivity contribution < 1.29 is 4.74 Å². The predicted molar refractivity (Wildman–Crippen MR) is 145 cm³/mol. The molecular weight excluding hydrogens is 445 g/mol. The Morgan fingerprint density at radius 2 is 1.16 bits per heavy atom. The molecule has 0 heterocycles. The summed E-state index contributed by atoms with van der Waals surface area (Å²) in [5.41, 5.74) is 1.16. The maximum absolute atomic E-state index is 10.1. The fraction of sp³-hybridized carbons (Fsp3) is 0.667. The van der Waals surface area contributed by atoms with E-state index in [1.807, 2.05) is 24.3 Å². The van der Waals surface area contributed by atoms with Gasteiger partial charge >= 0.3 is 0 Å². The SMILES string of the molecule is COc1ccc(CC(C#N)CCC(C#N)C[Si]([Si](C)(C)C)([Si](C)(C)C)[Si](C)(C)C)cc1. The number of benzene rings is 1. The van der Waals surface area contributed by atoms with E-state index in [1.54, 1.807) is 7.11 Å². The van der Waals surface area contributed by atoms with Crippen LogP contribution in [0.25, 0.3) is 0 Å². The van der Waals surface area contributed by atoms with Crippen molar-refractivity contribution in [3.05, 3.63) is 29.8 Å². The van der Waals surface area contributed by atoms with Crippen molar-refractivity contribution in [2.24, 2.45) is 11.8 Å². The summed E-state index contributed by atoms with van der Waals surface area (Å²) < 4.78 is 5.24. The highest BCUT2D eigenvalue weighted by Crippen LogP contribution is 2.42. The minimum atomic E-state index is -1.55. The van der Waals surface area contributed by atoms with Gasteiger partial charge in [-0.25, -0.2) is 0 Å². The molecule has 31 heavy (non-hydrogen) atoms. The van der Waals surface area contributed by atoms with Crippen LogP contribution in [0.1, 0.15) is 18.4 Å². The summed E-state index contributed by atoms with van der Waals surface area (Å²) in [5.74, 6) is 0.904. The lowest BCUT2D eigenvalue weighted by atomic mass is 9.93. The zero-order valence-electron chi connectivity index (χ0n) is 21.6. The molecule has 0 fully saturated rings. The van der Waals surface area contributed by atoms with E-state index in [0.717, 1.165) is 30.6 Å². The van der Waals surface area contributed by atoms with Crippen LogP contribution in [-0.2, 0) is 6.42 Å². The highest BCUT2D eigenvalue weighted by atomic mass is 29.9. The van der Waals surface area contributed by atoms with Gasteiger partial charge in [-0.15, -0.1) is 0 Å². The molecule has 0 bridgehead atoms. The molecule has 0 aliphatic rings. The Balaban J connectivity index is 3.04. The van der Waals surface area contributed by atoms with E-state index in [0.29, 0.717) is 0 Å². The normalized spacial score (nSPS) is 15.0. The molecule has 172 valence electrons. The van der Waals surface area contributed by atoms with Crippen molar-refractivity contribution in [1.29, 1.82) is 10.5 Å². The van der Waals surface area contributed by atoms with Crippen molar-refractivity contribution in [3.63, 3.8) is 0 Å². The third-order valence-electron chi connectivity index (χ3n) is 7.26. The predicted octanol–water partition coefficient (Wildman–Crippen LogP) is 7.00. The van der Waals surface area contributed by atoms with Gasteiger partial charge in [0.15, 0.2) is 0 Å². The van der Waals surface area contributed by atoms with Crippen LogP contribution in [0.5, 0.6) is 5.75 Å². The monoisotopic (exact) mass is 488 g/mol. The molecule has 0 aliphatic carbocycles. The summed E-state index contributed by atoms with van der Waals surface area (Å²) >= 11 is 0. The van der Waals surface area contributed by atoms with E-state index < -0.39 is 29.4 Å². The van der Waals surface area contributed by atoms with Crippen LogP contribution in [0.4, 0.5) is 0 Å². The Labute approximate surface area is 195 Å². The summed E-state index contributed by atoms with van der Waals surface area (Å²) in [6.45, 7) is 21.7. The van der Waals surface area contributed by atoms with Gasteiger partial charge in [-0.1, -0.05) is 71.1 Å². The summed E-state index contributed by atoms with van der Waals surface area (Å²) in [6, 6.07) is 14.4. The van der Waals surface area contributed by atoms with Crippen LogP contribution in [0.2, 0.25) is 65.0 Å². The van der Waals surface area contributed by atoms with Gasteiger partial charge in [0.25, 0.3) is 0 Å². The molecule has 0 radical (unpaired) electrons. The molecule has 2 unspecified atom stereocenters. The zero-order valence-corrected chi connectivity index (χ0v) is 25.6. The van der Waals surface area contributed by atoms with Gasteiger partial charge < -0.3 is 4.74 Å². The van der Waals surface area contributed by atoms with Crippen molar-refractivity contribution in [2.75, 3.05) is 7.11 Å². The number of ether oxygens (including phenoxy) is 1. The molecule has 7 heteroatoms. The summed E-state index contributed by atoms with van der Waals surface area (Å²) in [7, 11) is -2.49. The lowest BCUT2D eigenvalue weighted by Gasteiger charge is -2.58. The molecule has 1 aromatic rings. The van der Waals surface area contributed by atoms with Gasteiger partial charge in [0, 0.05) is 35.3 Å². The molecule has 2 atom stereocenters. The van der Waals surface area contributed by atoms with Crippen LogP contribution < -0.4 is 4.74 Å².